The van der Waals surface area contributed by atoms with Crippen LogP contribution in [-0.4, -0.2) is 17.2 Å². The van der Waals surface area contributed by atoms with Crippen molar-refractivity contribution in [3.05, 3.63) is 35.6 Å². The monoisotopic (exact) mass is 282 g/mol. The molecular formula is C15H23FN2O2. The van der Waals surface area contributed by atoms with Gasteiger partial charge in [0.05, 0.1) is 11.6 Å². The molecule has 0 aliphatic carbocycles. The molecule has 1 unspecified atom stereocenters. The van der Waals surface area contributed by atoms with Crippen molar-refractivity contribution in [1.29, 1.82) is 0 Å². The van der Waals surface area contributed by atoms with Crippen molar-refractivity contribution in [2.45, 2.75) is 51.8 Å². The van der Waals surface area contributed by atoms with Crippen LogP contribution in [0, 0.1) is 5.82 Å². The molecule has 0 aliphatic rings. The van der Waals surface area contributed by atoms with E-state index in [1.165, 1.54) is 12.1 Å². The Morgan fingerprint density at radius 3 is 2.15 bits per heavy atom. The summed E-state index contributed by atoms with van der Waals surface area (Å²) in [5.41, 5.74) is 5.59. The fourth-order valence-electron chi connectivity index (χ4n) is 1.73. The van der Waals surface area contributed by atoms with E-state index in [4.69, 9.17) is 10.5 Å². The van der Waals surface area contributed by atoms with Crippen molar-refractivity contribution >= 4 is 6.09 Å². The van der Waals surface area contributed by atoms with Gasteiger partial charge in [-0.15, -0.1) is 0 Å². The molecule has 0 heterocycles. The van der Waals surface area contributed by atoms with Gasteiger partial charge in [0.15, 0.2) is 0 Å². The Kier molecular flexibility index (Phi) is 4.76. The van der Waals surface area contributed by atoms with Crippen molar-refractivity contribution in [2.24, 2.45) is 5.73 Å². The fourth-order valence-corrected chi connectivity index (χ4v) is 1.73. The average Bonchev–Trinajstić information content (AvgIpc) is 2.25. The highest BCUT2D eigenvalue weighted by atomic mass is 19.1. The standard InChI is InChI=1S/C15H23FN2O2/c1-14(2,3)20-13(19)18-15(4,5)12(17)10-6-8-11(16)9-7-10/h6-9,12H,17H2,1-5H3,(H,18,19). The zero-order valence-electron chi connectivity index (χ0n) is 12.7. The maximum Gasteiger partial charge on any atom is 0.408 e. The Morgan fingerprint density at radius 1 is 1.20 bits per heavy atom. The Hall–Kier alpha value is -1.62. The lowest BCUT2D eigenvalue weighted by Crippen LogP contribution is -2.52. The maximum atomic E-state index is 12.9. The number of nitrogens with two attached hydrogens (primary N) is 1. The van der Waals surface area contributed by atoms with Crippen LogP contribution in [0.15, 0.2) is 24.3 Å². The third-order valence-electron chi connectivity index (χ3n) is 2.83. The molecule has 1 atom stereocenters. The number of halogens is 1. The number of rotatable bonds is 3. The number of benzene rings is 1. The summed E-state index contributed by atoms with van der Waals surface area (Å²) in [6.07, 6.45) is -0.528. The number of carbonyl (C=O) groups excluding carboxylic acids is 1. The average molecular weight is 282 g/mol. The van der Waals surface area contributed by atoms with E-state index < -0.39 is 23.3 Å². The normalized spacial score (nSPS) is 13.8. The van der Waals surface area contributed by atoms with Crippen LogP contribution in [0.2, 0.25) is 0 Å². The first-order valence-corrected chi connectivity index (χ1v) is 6.53. The molecule has 20 heavy (non-hydrogen) atoms. The second-order valence-electron chi connectivity index (χ2n) is 6.38. The van der Waals surface area contributed by atoms with Gasteiger partial charge >= 0.3 is 6.09 Å². The predicted molar refractivity (Wildman–Crippen MR) is 76.8 cm³/mol. The number of alkyl carbamates (subject to hydrolysis) is 1. The third kappa shape index (κ3) is 4.81. The molecule has 3 N–H and O–H groups in total. The first-order valence-electron chi connectivity index (χ1n) is 6.53. The van der Waals surface area contributed by atoms with E-state index in [9.17, 15) is 9.18 Å². The summed E-state index contributed by atoms with van der Waals surface area (Å²) in [6, 6.07) is 5.43. The van der Waals surface area contributed by atoms with E-state index in [1.54, 1.807) is 46.8 Å². The van der Waals surface area contributed by atoms with Crippen molar-refractivity contribution in [1.82, 2.24) is 5.32 Å². The summed E-state index contributed by atoms with van der Waals surface area (Å²) < 4.78 is 18.1. The minimum absolute atomic E-state index is 0.321. The lowest BCUT2D eigenvalue weighted by Gasteiger charge is -2.33. The van der Waals surface area contributed by atoms with Crippen LogP contribution >= 0.6 is 0 Å². The van der Waals surface area contributed by atoms with Gasteiger partial charge in [0.25, 0.3) is 0 Å². The smallest absolute Gasteiger partial charge is 0.408 e. The molecule has 1 aromatic carbocycles. The largest absolute Gasteiger partial charge is 0.444 e. The van der Waals surface area contributed by atoms with Gasteiger partial charge < -0.3 is 15.8 Å². The third-order valence-corrected chi connectivity index (χ3v) is 2.83. The van der Waals surface area contributed by atoms with E-state index >= 15 is 0 Å². The Morgan fingerprint density at radius 2 is 1.70 bits per heavy atom. The first-order chi connectivity index (χ1) is 9.01. The molecule has 0 aromatic heterocycles. The van der Waals surface area contributed by atoms with E-state index in [1.807, 2.05) is 0 Å². The zero-order chi connectivity index (χ0) is 15.6. The van der Waals surface area contributed by atoms with Crippen molar-refractivity contribution < 1.29 is 13.9 Å². The molecule has 1 amide bonds. The van der Waals surface area contributed by atoms with Crippen LogP contribution in [0.3, 0.4) is 0 Å². The number of amides is 1. The van der Waals surface area contributed by atoms with Gasteiger partial charge in [0.1, 0.15) is 11.4 Å². The zero-order valence-corrected chi connectivity index (χ0v) is 12.7. The summed E-state index contributed by atoms with van der Waals surface area (Å²) in [5.74, 6) is -0.321. The van der Waals surface area contributed by atoms with Crippen LogP contribution in [-0.2, 0) is 4.74 Å². The second-order valence-corrected chi connectivity index (χ2v) is 6.38. The Balaban J connectivity index is 2.77. The van der Waals surface area contributed by atoms with Crippen LogP contribution in [0.1, 0.15) is 46.2 Å². The van der Waals surface area contributed by atoms with E-state index in [0.29, 0.717) is 0 Å². The summed E-state index contributed by atoms with van der Waals surface area (Å²) >= 11 is 0. The van der Waals surface area contributed by atoms with Crippen LogP contribution in [0.25, 0.3) is 0 Å². The fraction of sp³-hybridized carbons (Fsp3) is 0.533. The van der Waals surface area contributed by atoms with Crippen molar-refractivity contribution in [3.8, 4) is 0 Å². The van der Waals surface area contributed by atoms with Gasteiger partial charge in [-0.2, -0.15) is 0 Å². The SMILES string of the molecule is CC(C)(C)OC(=O)NC(C)(C)C(N)c1ccc(F)cc1. The minimum atomic E-state index is -0.722. The summed E-state index contributed by atoms with van der Waals surface area (Å²) in [5, 5.41) is 2.75. The van der Waals surface area contributed by atoms with E-state index in [-0.39, 0.29) is 5.82 Å². The Labute approximate surface area is 119 Å². The number of hydrogen-bond donors (Lipinski definition) is 2. The summed E-state index contributed by atoms with van der Waals surface area (Å²) in [7, 11) is 0. The van der Waals surface area contributed by atoms with Crippen molar-refractivity contribution in [2.75, 3.05) is 0 Å². The molecular weight excluding hydrogens is 259 g/mol. The highest BCUT2D eigenvalue weighted by molar-refractivity contribution is 5.68. The van der Waals surface area contributed by atoms with Crippen LogP contribution in [0.4, 0.5) is 9.18 Å². The van der Waals surface area contributed by atoms with E-state index in [2.05, 4.69) is 5.32 Å². The summed E-state index contributed by atoms with van der Waals surface area (Å²) in [4.78, 5) is 11.8. The Bertz CT molecular complexity index is 464. The van der Waals surface area contributed by atoms with Gasteiger partial charge in [-0.05, 0) is 52.3 Å². The maximum absolute atomic E-state index is 12.9. The second kappa shape index (κ2) is 5.79. The number of hydrogen-bond acceptors (Lipinski definition) is 3. The number of carbonyl (C=O) groups is 1. The lowest BCUT2D eigenvalue weighted by molar-refractivity contribution is 0.0458. The molecule has 0 saturated carbocycles. The van der Waals surface area contributed by atoms with Crippen LogP contribution < -0.4 is 11.1 Å². The molecule has 5 heteroatoms. The molecule has 0 spiro atoms. The first kappa shape index (κ1) is 16.4. The minimum Gasteiger partial charge on any atom is -0.444 e. The molecule has 1 aromatic rings. The highest BCUT2D eigenvalue weighted by Gasteiger charge is 2.31. The van der Waals surface area contributed by atoms with Gasteiger partial charge in [-0.1, -0.05) is 12.1 Å². The number of nitrogens with one attached hydrogen (secondary N) is 1. The molecule has 1 rings (SSSR count). The highest BCUT2D eigenvalue weighted by Crippen LogP contribution is 2.23. The molecule has 0 fully saturated rings. The topological polar surface area (TPSA) is 64.3 Å². The van der Waals surface area contributed by atoms with Gasteiger partial charge in [0.2, 0.25) is 0 Å². The van der Waals surface area contributed by atoms with Gasteiger partial charge in [0, 0.05) is 0 Å². The lowest BCUT2D eigenvalue weighted by atomic mass is 9.89. The molecule has 0 radical (unpaired) electrons. The predicted octanol–water partition coefficient (Wildman–Crippen LogP) is 3.13. The molecule has 0 aliphatic heterocycles. The van der Waals surface area contributed by atoms with E-state index in [0.717, 1.165) is 5.56 Å². The van der Waals surface area contributed by atoms with Gasteiger partial charge in [-0.3, -0.25) is 0 Å². The number of ether oxygens (including phenoxy) is 1. The van der Waals surface area contributed by atoms with Crippen LogP contribution in [0.5, 0.6) is 0 Å². The quantitative estimate of drug-likeness (QED) is 0.895. The summed E-state index contributed by atoms with van der Waals surface area (Å²) in [6.45, 7) is 8.97. The molecule has 4 nitrogen and oxygen atoms in total. The molecule has 112 valence electrons. The van der Waals surface area contributed by atoms with Gasteiger partial charge in [-0.25, -0.2) is 9.18 Å². The van der Waals surface area contributed by atoms with Crippen molar-refractivity contribution in [3.63, 3.8) is 0 Å². The molecule has 0 saturated heterocycles. The molecule has 0 bridgehead atoms.